The van der Waals surface area contributed by atoms with E-state index < -0.39 is 16.8 Å². The second-order valence-corrected chi connectivity index (χ2v) is 9.52. The number of nitrogens with zero attached hydrogens (tertiary/aromatic N) is 1. The molecule has 11 nitrogen and oxygen atoms in total. The van der Waals surface area contributed by atoms with Crippen LogP contribution in [0.3, 0.4) is 0 Å². The first-order chi connectivity index (χ1) is 19.3. The lowest BCUT2D eigenvalue weighted by molar-refractivity contribution is -0.384. The lowest BCUT2D eigenvalue weighted by atomic mass is 9.65. The van der Waals surface area contributed by atoms with Crippen molar-refractivity contribution in [1.82, 2.24) is 0 Å². The largest absolute Gasteiger partial charge is 0.493 e. The van der Waals surface area contributed by atoms with Crippen LogP contribution in [0.15, 0.2) is 48.5 Å². The SMILES string of the molecule is COc1cc2c(cc1OC)[C@@H](Nc1ccc([N+](=O)[O-])cc1)[C@H]1COC(=O)[C@@H]1[C@@H]2c1cc(OC)c(OC)c(OC)c1. The lowest BCUT2D eigenvalue weighted by Crippen LogP contribution is -2.37. The van der Waals surface area contributed by atoms with Crippen LogP contribution in [0, 0.1) is 22.0 Å². The molecule has 0 saturated carbocycles. The Morgan fingerprint density at radius 3 is 1.93 bits per heavy atom. The van der Waals surface area contributed by atoms with E-state index in [0.29, 0.717) is 34.4 Å². The van der Waals surface area contributed by atoms with Crippen molar-refractivity contribution in [3.05, 3.63) is 75.3 Å². The fraction of sp³-hybridized carbons (Fsp3) is 0.345. The Morgan fingerprint density at radius 2 is 1.40 bits per heavy atom. The van der Waals surface area contributed by atoms with Crippen molar-refractivity contribution in [2.45, 2.75) is 12.0 Å². The molecule has 40 heavy (non-hydrogen) atoms. The van der Waals surface area contributed by atoms with Gasteiger partial charge in [0.2, 0.25) is 5.75 Å². The van der Waals surface area contributed by atoms with Crippen LogP contribution in [0.5, 0.6) is 28.7 Å². The van der Waals surface area contributed by atoms with E-state index in [4.69, 9.17) is 28.4 Å². The number of methoxy groups -OCH3 is 5. The summed E-state index contributed by atoms with van der Waals surface area (Å²) >= 11 is 0. The van der Waals surface area contributed by atoms with Crippen LogP contribution in [0.2, 0.25) is 0 Å². The van der Waals surface area contributed by atoms with E-state index in [1.54, 1.807) is 40.6 Å². The third kappa shape index (κ3) is 4.47. The number of hydrogen-bond donors (Lipinski definition) is 1. The van der Waals surface area contributed by atoms with E-state index >= 15 is 0 Å². The highest BCUT2D eigenvalue weighted by Crippen LogP contribution is 2.55. The van der Waals surface area contributed by atoms with Gasteiger partial charge in [0.15, 0.2) is 23.0 Å². The number of esters is 1. The Labute approximate surface area is 231 Å². The standard InChI is InChI=1S/C29H30N2O9/c1-35-21-12-18-19(13-22(21)36-2)27(30-16-6-8-17(9-7-16)31(33)34)20-14-40-29(32)26(20)25(18)15-10-23(37-3)28(39-5)24(11-15)38-4/h6-13,20,25-27,30H,14H2,1-5H3/t20-,25+,26-,27+/m0/s1. The van der Waals surface area contributed by atoms with E-state index in [9.17, 15) is 14.9 Å². The summed E-state index contributed by atoms with van der Waals surface area (Å²) in [6.45, 7) is 0.197. The molecule has 1 saturated heterocycles. The normalized spacial score (nSPS) is 21.0. The first-order valence-electron chi connectivity index (χ1n) is 12.6. The van der Waals surface area contributed by atoms with Crippen LogP contribution >= 0.6 is 0 Å². The number of cyclic esters (lactones) is 1. The Morgan fingerprint density at radius 1 is 0.825 bits per heavy atom. The van der Waals surface area contributed by atoms with Gasteiger partial charge in [-0.05, 0) is 53.1 Å². The number of carbonyl (C=O) groups is 1. The van der Waals surface area contributed by atoms with E-state index in [1.807, 2.05) is 24.3 Å². The van der Waals surface area contributed by atoms with Gasteiger partial charge in [-0.15, -0.1) is 0 Å². The number of fused-ring (bicyclic) bond motifs is 2. The van der Waals surface area contributed by atoms with Crippen molar-refractivity contribution >= 4 is 17.3 Å². The zero-order chi connectivity index (χ0) is 28.6. The average Bonchev–Trinajstić information content (AvgIpc) is 3.36. The van der Waals surface area contributed by atoms with Crippen molar-refractivity contribution < 1.29 is 38.1 Å². The van der Waals surface area contributed by atoms with Gasteiger partial charge in [0.25, 0.3) is 5.69 Å². The fourth-order valence-corrected chi connectivity index (χ4v) is 5.82. The molecule has 0 aromatic heterocycles. The predicted molar refractivity (Wildman–Crippen MR) is 145 cm³/mol. The first-order valence-corrected chi connectivity index (χ1v) is 12.6. The number of nitro benzene ring substituents is 1. The summed E-state index contributed by atoms with van der Waals surface area (Å²) in [5.74, 6) is 0.849. The van der Waals surface area contributed by atoms with Crippen molar-refractivity contribution in [3.63, 3.8) is 0 Å². The topological polar surface area (TPSA) is 128 Å². The highest BCUT2D eigenvalue weighted by molar-refractivity contribution is 5.79. The predicted octanol–water partition coefficient (Wildman–Crippen LogP) is 4.73. The Hall–Kier alpha value is -4.67. The maximum atomic E-state index is 13.4. The molecule has 4 atom stereocenters. The van der Waals surface area contributed by atoms with Crippen LogP contribution in [-0.4, -0.2) is 53.0 Å². The number of carbonyl (C=O) groups excluding carboxylic acids is 1. The van der Waals surface area contributed by atoms with E-state index in [-0.39, 0.29) is 30.2 Å². The Kier molecular flexibility index (Phi) is 7.29. The third-order valence-corrected chi connectivity index (χ3v) is 7.64. The molecule has 11 heteroatoms. The molecule has 1 heterocycles. The van der Waals surface area contributed by atoms with Gasteiger partial charge in [-0.1, -0.05) is 0 Å². The van der Waals surface area contributed by atoms with Crippen molar-refractivity contribution in [3.8, 4) is 28.7 Å². The summed E-state index contributed by atoms with van der Waals surface area (Å²) in [6.07, 6.45) is 0. The number of nitrogens with one attached hydrogen (secondary N) is 1. The summed E-state index contributed by atoms with van der Waals surface area (Å²) in [7, 11) is 7.74. The molecule has 210 valence electrons. The number of anilines is 1. The van der Waals surface area contributed by atoms with E-state index in [2.05, 4.69) is 5.32 Å². The molecule has 1 N–H and O–H groups in total. The van der Waals surface area contributed by atoms with Crippen molar-refractivity contribution in [2.75, 3.05) is 47.5 Å². The molecule has 2 aliphatic rings. The number of nitro groups is 1. The zero-order valence-electron chi connectivity index (χ0n) is 22.8. The number of hydrogen-bond acceptors (Lipinski definition) is 10. The van der Waals surface area contributed by atoms with Crippen molar-refractivity contribution in [2.24, 2.45) is 11.8 Å². The third-order valence-electron chi connectivity index (χ3n) is 7.64. The molecule has 1 aliphatic heterocycles. The van der Waals surface area contributed by atoms with Gasteiger partial charge in [0.1, 0.15) is 0 Å². The van der Waals surface area contributed by atoms with Crippen LogP contribution in [0.25, 0.3) is 0 Å². The molecular weight excluding hydrogens is 520 g/mol. The summed E-state index contributed by atoms with van der Waals surface area (Å²) in [6, 6.07) is 13.3. The molecule has 3 aromatic rings. The smallest absolute Gasteiger partial charge is 0.310 e. The lowest BCUT2D eigenvalue weighted by Gasteiger charge is -2.40. The monoisotopic (exact) mass is 550 g/mol. The molecule has 0 amide bonds. The molecule has 0 bridgehead atoms. The summed E-state index contributed by atoms with van der Waals surface area (Å²) in [5.41, 5.74) is 3.16. The molecular formula is C29H30N2O9. The molecule has 3 aromatic carbocycles. The minimum Gasteiger partial charge on any atom is -0.493 e. The van der Waals surface area contributed by atoms with Crippen LogP contribution < -0.4 is 29.0 Å². The first kappa shape index (κ1) is 26.9. The molecule has 1 aliphatic carbocycles. The molecule has 0 radical (unpaired) electrons. The van der Waals surface area contributed by atoms with Crippen LogP contribution in [0.1, 0.15) is 28.7 Å². The number of non-ortho nitro benzene ring substituents is 1. The second-order valence-electron chi connectivity index (χ2n) is 9.52. The number of rotatable bonds is 9. The molecule has 5 rings (SSSR count). The quantitative estimate of drug-likeness (QED) is 0.227. The Bertz CT molecular complexity index is 1420. The van der Waals surface area contributed by atoms with Gasteiger partial charge in [-0.25, -0.2) is 0 Å². The van der Waals surface area contributed by atoms with Crippen LogP contribution in [-0.2, 0) is 9.53 Å². The zero-order valence-corrected chi connectivity index (χ0v) is 22.8. The maximum absolute atomic E-state index is 13.4. The van der Waals surface area contributed by atoms with Gasteiger partial charge >= 0.3 is 5.97 Å². The molecule has 0 unspecified atom stereocenters. The summed E-state index contributed by atoms with van der Waals surface area (Å²) in [4.78, 5) is 24.1. The summed E-state index contributed by atoms with van der Waals surface area (Å²) in [5, 5.41) is 14.7. The van der Waals surface area contributed by atoms with Gasteiger partial charge < -0.3 is 33.7 Å². The Balaban J connectivity index is 1.71. The van der Waals surface area contributed by atoms with Gasteiger partial charge in [-0.3, -0.25) is 14.9 Å². The molecule has 0 spiro atoms. The van der Waals surface area contributed by atoms with Crippen LogP contribution in [0.4, 0.5) is 11.4 Å². The number of ether oxygens (including phenoxy) is 6. The van der Waals surface area contributed by atoms with Gasteiger partial charge in [0, 0.05) is 29.7 Å². The minimum absolute atomic E-state index is 0.0132. The van der Waals surface area contributed by atoms with Gasteiger partial charge in [0.05, 0.1) is 59.0 Å². The average molecular weight is 551 g/mol. The summed E-state index contributed by atoms with van der Waals surface area (Å²) < 4.78 is 33.7. The second kappa shape index (κ2) is 10.8. The highest BCUT2D eigenvalue weighted by atomic mass is 16.6. The number of benzene rings is 3. The maximum Gasteiger partial charge on any atom is 0.310 e. The van der Waals surface area contributed by atoms with E-state index in [1.165, 1.54) is 19.2 Å². The van der Waals surface area contributed by atoms with E-state index in [0.717, 1.165) is 16.7 Å². The molecule has 1 fully saturated rings. The minimum atomic E-state index is -0.552. The fourth-order valence-electron chi connectivity index (χ4n) is 5.82. The highest BCUT2D eigenvalue weighted by Gasteiger charge is 2.52. The van der Waals surface area contributed by atoms with Gasteiger partial charge in [-0.2, -0.15) is 0 Å². The van der Waals surface area contributed by atoms with Crippen molar-refractivity contribution in [1.29, 1.82) is 0 Å².